The van der Waals surface area contributed by atoms with Crippen molar-refractivity contribution in [3.8, 4) is 5.75 Å². The molecule has 0 radical (unpaired) electrons. The van der Waals surface area contributed by atoms with Crippen LogP contribution in [0, 0.1) is 6.92 Å². The number of hydrogen-bond donors (Lipinski definition) is 1. The van der Waals surface area contributed by atoms with Crippen LogP contribution in [0.1, 0.15) is 50.6 Å². The summed E-state index contributed by atoms with van der Waals surface area (Å²) < 4.78 is 11.3. The zero-order chi connectivity index (χ0) is 25.6. The number of fused-ring (bicyclic) bond motifs is 2. The van der Waals surface area contributed by atoms with Crippen molar-refractivity contribution in [1.82, 2.24) is 0 Å². The lowest BCUT2D eigenvalue weighted by Crippen LogP contribution is -2.29. The minimum atomic E-state index is -0.776. The van der Waals surface area contributed by atoms with Gasteiger partial charge in [-0.3, -0.25) is 24.1 Å². The number of primary amides is 1. The Hall–Kier alpha value is -4.72. The Balaban J connectivity index is 1.68. The van der Waals surface area contributed by atoms with Crippen LogP contribution in [0.4, 0.5) is 5.69 Å². The summed E-state index contributed by atoms with van der Waals surface area (Å²) >= 11 is 0. The van der Waals surface area contributed by atoms with Crippen molar-refractivity contribution in [3.05, 3.63) is 105 Å². The van der Waals surface area contributed by atoms with E-state index < -0.39 is 17.9 Å². The molecule has 0 saturated heterocycles. The van der Waals surface area contributed by atoms with Gasteiger partial charge in [-0.25, -0.2) is 0 Å². The van der Waals surface area contributed by atoms with E-state index in [0.29, 0.717) is 33.5 Å². The number of ether oxygens (including phenoxy) is 1. The van der Waals surface area contributed by atoms with Crippen molar-refractivity contribution < 1.29 is 23.5 Å². The summed E-state index contributed by atoms with van der Waals surface area (Å²) in [6, 6.07) is 17.8. The molecule has 5 rings (SSSR count). The quantitative estimate of drug-likeness (QED) is 0.416. The van der Waals surface area contributed by atoms with Crippen LogP contribution in [0.2, 0.25) is 0 Å². The Kier molecular flexibility index (Phi) is 5.64. The molecule has 2 amide bonds. The van der Waals surface area contributed by atoms with Gasteiger partial charge in [-0.2, -0.15) is 0 Å². The third kappa shape index (κ3) is 3.92. The summed E-state index contributed by atoms with van der Waals surface area (Å²) in [6.07, 6.45) is 0. The topological polar surface area (TPSA) is 120 Å². The number of carbonyl (C=O) groups excluding carboxylic acids is 3. The highest BCUT2D eigenvalue weighted by Crippen LogP contribution is 2.41. The van der Waals surface area contributed by atoms with E-state index in [1.807, 2.05) is 13.0 Å². The highest BCUT2D eigenvalue weighted by atomic mass is 16.5. The average molecular weight is 482 g/mol. The molecule has 8 nitrogen and oxygen atoms in total. The fraction of sp³-hybridized carbons (Fsp3) is 0.143. The fourth-order valence-electron chi connectivity index (χ4n) is 4.43. The number of aryl methyl sites for hydroxylation is 1. The lowest BCUT2D eigenvalue weighted by Gasteiger charge is -2.25. The molecule has 0 fully saturated rings. The maximum absolute atomic E-state index is 13.7. The van der Waals surface area contributed by atoms with E-state index in [1.165, 1.54) is 11.8 Å². The first-order valence-corrected chi connectivity index (χ1v) is 11.3. The number of Topliss-reactive ketones (excluding diaryl/α,β-unsaturated/α-hetero) is 1. The van der Waals surface area contributed by atoms with Crippen molar-refractivity contribution in [1.29, 1.82) is 0 Å². The Morgan fingerprint density at radius 2 is 1.69 bits per heavy atom. The smallest absolute Gasteiger partial charge is 0.295 e. The van der Waals surface area contributed by atoms with Gasteiger partial charge in [0, 0.05) is 11.3 Å². The molecule has 0 aliphatic carbocycles. The van der Waals surface area contributed by atoms with Gasteiger partial charge in [-0.1, -0.05) is 23.8 Å². The molecule has 180 valence electrons. The second-order valence-corrected chi connectivity index (χ2v) is 8.68. The number of benzene rings is 3. The zero-order valence-corrected chi connectivity index (χ0v) is 19.6. The van der Waals surface area contributed by atoms with Crippen LogP contribution in [0.3, 0.4) is 0 Å². The van der Waals surface area contributed by atoms with Gasteiger partial charge in [0.2, 0.25) is 5.76 Å². The van der Waals surface area contributed by atoms with Crippen molar-refractivity contribution in [3.63, 3.8) is 0 Å². The Morgan fingerprint density at radius 1 is 1.00 bits per heavy atom. The molecule has 0 saturated carbocycles. The summed E-state index contributed by atoms with van der Waals surface area (Å²) in [5.74, 6) is -0.764. The second-order valence-electron chi connectivity index (χ2n) is 8.68. The Bertz CT molecular complexity index is 1590. The largest absolute Gasteiger partial charge is 0.484 e. The molecule has 4 aromatic rings. The first kappa shape index (κ1) is 23.0. The Labute approximate surface area is 205 Å². The van der Waals surface area contributed by atoms with Gasteiger partial charge in [0.15, 0.2) is 17.8 Å². The van der Waals surface area contributed by atoms with Crippen molar-refractivity contribution in [2.24, 2.45) is 5.73 Å². The summed E-state index contributed by atoms with van der Waals surface area (Å²) in [6.45, 7) is 3.07. The first-order chi connectivity index (χ1) is 17.2. The molecule has 0 spiro atoms. The molecular weight excluding hydrogens is 460 g/mol. The van der Waals surface area contributed by atoms with Crippen molar-refractivity contribution in [2.75, 3.05) is 11.5 Å². The number of ketones is 1. The third-order valence-electron chi connectivity index (χ3n) is 6.15. The summed E-state index contributed by atoms with van der Waals surface area (Å²) in [5, 5.41) is 0.390. The van der Waals surface area contributed by atoms with Crippen LogP contribution in [-0.2, 0) is 4.79 Å². The predicted octanol–water partition coefficient (Wildman–Crippen LogP) is 3.92. The molecule has 1 aromatic heterocycles. The molecule has 1 aliphatic rings. The van der Waals surface area contributed by atoms with E-state index in [0.717, 1.165) is 5.56 Å². The molecule has 3 aromatic carbocycles. The van der Waals surface area contributed by atoms with E-state index in [-0.39, 0.29) is 29.1 Å². The minimum absolute atomic E-state index is 0.0222. The van der Waals surface area contributed by atoms with Gasteiger partial charge < -0.3 is 14.9 Å². The van der Waals surface area contributed by atoms with E-state index in [4.69, 9.17) is 14.9 Å². The molecule has 2 heterocycles. The van der Waals surface area contributed by atoms with Crippen molar-refractivity contribution >= 4 is 34.3 Å². The van der Waals surface area contributed by atoms with Crippen molar-refractivity contribution in [2.45, 2.75) is 19.9 Å². The lowest BCUT2D eigenvalue weighted by atomic mass is 9.97. The summed E-state index contributed by atoms with van der Waals surface area (Å²) in [7, 11) is 0. The summed E-state index contributed by atoms with van der Waals surface area (Å²) in [4.78, 5) is 51.7. The highest BCUT2D eigenvalue weighted by molar-refractivity contribution is 6.11. The normalized spacial score (nSPS) is 14.7. The van der Waals surface area contributed by atoms with Crippen LogP contribution < -0.4 is 20.8 Å². The van der Waals surface area contributed by atoms with Gasteiger partial charge in [-0.05, 0) is 67.9 Å². The van der Waals surface area contributed by atoms with Gasteiger partial charge in [0.25, 0.3) is 11.8 Å². The average Bonchev–Trinajstić information content (AvgIpc) is 3.16. The molecule has 8 heteroatoms. The SMILES string of the molecule is CC(=O)c1ccc(N2C(=O)c3oc4ccc(C)cc4c(=O)c3C2c2ccc(OCC(N)=O)cc2)cc1. The number of carbonyl (C=O) groups is 3. The number of nitrogens with zero attached hydrogens (tertiary/aromatic N) is 1. The monoisotopic (exact) mass is 482 g/mol. The van der Waals surface area contributed by atoms with Crippen LogP contribution in [0.5, 0.6) is 5.75 Å². The van der Waals surface area contributed by atoms with E-state index >= 15 is 0 Å². The van der Waals surface area contributed by atoms with Gasteiger partial charge in [0.1, 0.15) is 11.3 Å². The van der Waals surface area contributed by atoms with E-state index in [2.05, 4.69) is 0 Å². The third-order valence-corrected chi connectivity index (χ3v) is 6.15. The maximum Gasteiger partial charge on any atom is 0.295 e. The van der Waals surface area contributed by atoms with Crippen LogP contribution >= 0.6 is 0 Å². The Morgan fingerprint density at radius 3 is 2.33 bits per heavy atom. The number of nitrogens with two attached hydrogens (primary N) is 1. The number of anilines is 1. The number of rotatable bonds is 6. The van der Waals surface area contributed by atoms with Crippen LogP contribution in [-0.4, -0.2) is 24.2 Å². The summed E-state index contributed by atoms with van der Waals surface area (Å²) in [5.41, 5.74) is 7.98. The highest BCUT2D eigenvalue weighted by Gasteiger charge is 2.43. The predicted molar refractivity (Wildman–Crippen MR) is 133 cm³/mol. The molecule has 36 heavy (non-hydrogen) atoms. The molecule has 1 atom stereocenters. The van der Waals surface area contributed by atoms with Crippen LogP contribution in [0.15, 0.2) is 75.9 Å². The minimum Gasteiger partial charge on any atom is -0.484 e. The standard InChI is InChI=1S/C28H22N2O6/c1-15-3-12-22-21(13-15)26(33)24-25(18-6-10-20(11-7-18)35-14-23(29)32)30(28(34)27(24)36-22)19-8-4-17(5-9-19)16(2)31/h3-13,25H,14H2,1-2H3,(H2,29,32). The zero-order valence-electron chi connectivity index (χ0n) is 19.6. The van der Waals surface area contributed by atoms with E-state index in [1.54, 1.807) is 60.7 Å². The van der Waals surface area contributed by atoms with Crippen LogP contribution in [0.25, 0.3) is 11.0 Å². The maximum atomic E-state index is 13.7. The van der Waals surface area contributed by atoms with Gasteiger partial charge >= 0.3 is 0 Å². The van der Waals surface area contributed by atoms with E-state index in [9.17, 15) is 19.2 Å². The molecule has 1 aliphatic heterocycles. The first-order valence-electron chi connectivity index (χ1n) is 11.3. The second kappa shape index (κ2) is 8.81. The van der Waals surface area contributed by atoms with Gasteiger partial charge in [0.05, 0.1) is 17.0 Å². The number of amides is 2. The molecule has 0 bridgehead atoms. The lowest BCUT2D eigenvalue weighted by molar-refractivity contribution is -0.119. The fourth-order valence-corrected chi connectivity index (χ4v) is 4.43. The number of hydrogen-bond acceptors (Lipinski definition) is 6. The van der Waals surface area contributed by atoms with Gasteiger partial charge in [-0.15, -0.1) is 0 Å². The molecular formula is C28H22N2O6. The molecule has 2 N–H and O–H groups in total. The molecule has 1 unspecified atom stereocenters.